The van der Waals surface area contributed by atoms with E-state index in [-0.39, 0.29) is 0 Å². The summed E-state index contributed by atoms with van der Waals surface area (Å²) in [7, 11) is 0. The third kappa shape index (κ3) is 3.67. The van der Waals surface area contributed by atoms with E-state index in [2.05, 4.69) is 37.4 Å². The molecule has 1 aromatic rings. The van der Waals surface area contributed by atoms with Crippen molar-refractivity contribution in [3.8, 4) is 0 Å². The molecule has 0 bridgehead atoms. The Morgan fingerprint density at radius 3 is 2.73 bits per heavy atom. The number of nitrogens with zero attached hydrogens (tertiary/aromatic N) is 2. The maximum Gasteiger partial charge on any atom is 0.0537 e. The minimum atomic E-state index is 0.482. The van der Waals surface area contributed by atoms with Crippen molar-refractivity contribution < 1.29 is 0 Å². The Bertz CT molecular complexity index is 268. The Balaban J connectivity index is 2.60. The highest BCUT2D eigenvalue weighted by Gasteiger charge is 2.11. The van der Waals surface area contributed by atoms with Crippen LogP contribution in [0.15, 0.2) is 12.4 Å². The summed E-state index contributed by atoms with van der Waals surface area (Å²) >= 11 is 0. The van der Waals surface area contributed by atoms with Gasteiger partial charge in [-0.25, -0.2) is 0 Å². The SMILES string of the molecule is CCCCC(NCC)c1cnn(CC)c1. The van der Waals surface area contributed by atoms with Crippen molar-refractivity contribution in [3.05, 3.63) is 18.0 Å². The molecule has 0 saturated heterocycles. The second kappa shape index (κ2) is 6.62. The fraction of sp³-hybridized carbons (Fsp3) is 0.750. The van der Waals surface area contributed by atoms with Crippen molar-refractivity contribution in [2.24, 2.45) is 0 Å². The van der Waals surface area contributed by atoms with Gasteiger partial charge in [0, 0.05) is 24.3 Å². The van der Waals surface area contributed by atoms with Crippen LogP contribution >= 0.6 is 0 Å². The first-order valence-electron chi connectivity index (χ1n) is 6.07. The van der Waals surface area contributed by atoms with Gasteiger partial charge >= 0.3 is 0 Å². The molecule has 0 fully saturated rings. The quantitative estimate of drug-likeness (QED) is 0.748. The Labute approximate surface area is 92.9 Å². The van der Waals surface area contributed by atoms with Crippen molar-refractivity contribution in [1.82, 2.24) is 15.1 Å². The molecule has 3 nitrogen and oxygen atoms in total. The van der Waals surface area contributed by atoms with Crippen molar-refractivity contribution in [1.29, 1.82) is 0 Å². The highest BCUT2D eigenvalue weighted by atomic mass is 15.3. The van der Waals surface area contributed by atoms with Crippen LogP contribution in [-0.4, -0.2) is 16.3 Å². The molecule has 0 radical (unpaired) electrons. The summed E-state index contributed by atoms with van der Waals surface area (Å²) in [5, 5.41) is 7.84. The predicted octanol–water partition coefficient (Wildman–Crippen LogP) is 2.74. The van der Waals surface area contributed by atoms with Crippen LogP contribution in [-0.2, 0) is 6.54 Å². The van der Waals surface area contributed by atoms with Gasteiger partial charge < -0.3 is 5.32 Å². The third-order valence-electron chi connectivity index (χ3n) is 2.68. The molecular weight excluding hydrogens is 186 g/mol. The second-order valence-electron chi connectivity index (χ2n) is 3.88. The Kier molecular flexibility index (Phi) is 5.40. The molecule has 1 atom stereocenters. The van der Waals surface area contributed by atoms with Crippen molar-refractivity contribution in [2.75, 3.05) is 6.54 Å². The number of hydrogen-bond donors (Lipinski definition) is 1. The average molecular weight is 209 g/mol. The third-order valence-corrected chi connectivity index (χ3v) is 2.68. The maximum atomic E-state index is 4.32. The van der Waals surface area contributed by atoms with E-state index < -0.39 is 0 Å². The smallest absolute Gasteiger partial charge is 0.0537 e. The molecule has 3 heteroatoms. The lowest BCUT2D eigenvalue weighted by atomic mass is 10.0. The standard InChI is InChI=1S/C12H23N3/c1-4-7-8-12(13-5-2)11-9-14-15(6-3)10-11/h9-10,12-13H,4-8H2,1-3H3. The zero-order valence-electron chi connectivity index (χ0n) is 10.2. The van der Waals surface area contributed by atoms with Crippen LogP contribution in [0.5, 0.6) is 0 Å². The maximum absolute atomic E-state index is 4.32. The fourth-order valence-corrected chi connectivity index (χ4v) is 1.77. The van der Waals surface area contributed by atoms with Crippen LogP contribution in [0.25, 0.3) is 0 Å². The Morgan fingerprint density at radius 2 is 2.20 bits per heavy atom. The van der Waals surface area contributed by atoms with Crippen LogP contribution in [0.1, 0.15) is 51.6 Å². The summed E-state index contributed by atoms with van der Waals surface area (Å²) in [5.74, 6) is 0. The molecule has 1 heterocycles. The topological polar surface area (TPSA) is 29.9 Å². The number of nitrogens with one attached hydrogen (secondary N) is 1. The molecule has 15 heavy (non-hydrogen) atoms. The summed E-state index contributed by atoms with van der Waals surface area (Å²) in [4.78, 5) is 0. The van der Waals surface area contributed by atoms with Gasteiger partial charge in [-0.05, 0) is 19.9 Å². The van der Waals surface area contributed by atoms with Gasteiger partial charge in [-0.2, -0.15) is 5.10 Å². The molecule has 0 aromatic carbocycles. The zero-order chi connectivity index (χ0) is 11.1. The minimum Gasteiger partial charge on any atom is -0.310 e. The molecule has 0 aliphatic rings. The van der Waals surface area contributed by atoms with Gasteiger partial charge in [-0.1, -0.05) is 26.7 Å². The number of hydrogen-bond acceptors (Lipinski definition) is 2. The highest BCUT2D eigenvalue weighted by Crippen LogP contribution is 2.18. The second-order valence-corrected chi connectivity index (χ2v) is 3.88. The fourth-order valence-electron chi connectivity index (χ4n) is 1.77. The largest absolute Gasteiger partial charge is 0.310 e. The van der Waals surface area contributed by atoms with Crippen LogP contribution in [0, 0.1) is 0 Å². The summed E-state index contributed by atoms with van der Waals surface area (Å²) in [6, 6.07) is 0.482. The number of aryl methyl sites for hydroxylation is 1. The minimum absolute atomic E-state index is 0.482. The molecule has 1 N–H and O–H groups in total. The number of aromatic nitrogens is 2. The lowest BCUT2D eigenvalue weighted by Crippen LogP contribution is -2.20. The van der Waals surface area contributed by atoms with Gasteiger partial charge in [0.2, 0.25) is 0 Å². The first-order valence-corrected chi connectivity index (χ1v) is 6.07. The van der Waals surface area contributed by atoms with Crippen molar-refractivity contribution >= 4 is 0 Å². The van der Waals surface area contributed by atoms with Gasteiger partial charge in [0.25, 0.3) is 0 Å². The van der Waals surface area contributed by atoms with Crippen LogP contribution in [0.2, 0.25) is 0 Å². The van der Waals surface area contributed by atoms with Crippen LogP contribution in [0.4, 0.5) is 0 Å². The van der Waals surface area contributed by atoms with Gasteiger partial charge in [-0.15, -0.1) is 0 Å². The molecule has 0 saturated carbocycles. The predicted molar refractivity (Wildman–Crippen MR) is 63.8 cm³/mol. The summed E-state index contributed by atoms with van der Waals surface area (Å²) in [6.45, 7) is 8.48. The van der Waals surface area contributed by atoms with E-state index in [1.165, 1.54) is 24.8 Å². The lowest BCUT2D eigenvalue weighted by Gasteiger charge is -2.15. The van der Waals surface area contributed by atoms with E-state index >= 15 is 0 Å². The normalized spacial score (nSPS) is 13.0. The van der Waals surface area contributed by atoms with E-state index in [4.69, 9.17) is 0 Å². The lowest BCUT2D eigenvalue weighted by molar-refractivity contribution is 0.494. The Hall–Kier alpha value is -0.830. The summed E-state index contributed by atoms with van der Waals surface area (Å²) < 4.78 is 1.99. The van der Waals surface area contributed by atoms with Gasteiger partial charge in [0.1, 0.15) is 0 Å². The first kappa shape index (κ1) is 12.2. The van der Waals surface area contributed by atoms with E-state index in [9.17, 15) is 0 Å². The van der Waals surface area contributed by atoms with E-state index in [1.54, 1.807) is 0 Å². The number of rotatable bonds is 7. The van der Waals surface area contributed by atoms with Gasteiger partial charge in [-0.3, -0.25) is 4.68 Å². The Morgan fingerprint density at radius 1 is 1.40 bits per heavy atom. The molecule has 0 amide bonds. The van der Waals surface area contributed by atoms with Crippen LogP contribution in [0.3, 0.4) is 0 Å². The molecule has 0 aliphatic heterocycles. The highest BCUT2D eigenvalue weighted by molar-refractivity contribution is 5.10. The van der Waals surface area contributed by atoms with E-state index in [0.29, 0.717) is 6.04 Å². The summed E-state index contributed by atoms with van der Waals surface area (Å²) in [5.41, 5.74) is 1.33. The number of unbranched alkanes of at least 4 members (excludes halogenated alkanes) is 1. The van der Waals surface area contributed by atoms with E-state index in [0.717, 1.165) is 13.1 Å². The summed E-state index contributed by atoms with van der Waals surface area (Å²) in [6.07, 6.45) is 7.88. The molecular formula is C12H23N3. The zero-order valence-corrected chi connectivity index (χ0v) is 10.2. The van der Waals surface area contributed by atoms with Crippen molar-refractivity contribution in [3.63, 3.8) is 0 Å². The molecule has 86 valence electrons. The molecule has 1 aromatic heterocycles. The average Bonchev–Trinajstić information content (AvgIpc) is 2.72. The van der Waals surface area contributed by atoms with Gasteiger partial charge in [0.05, 0.1) is 6.20 Å². The molecule has 1 rings (SSSR count). The molecule has 0 spiro atoms. The first-order chi connectivity index (χ1) is 7.31. The molecule has 1 unspecified atom stereocenters. The van der Waals surface area contributed by atoms with Gasteiger partial charge in [0.15, 0.2) is 0 Å². The monoisotopic (exact) mass is 209 g/mol. The van der Waals surface area contributed by atoms with E-state index in [1.807, 2.05) is 10.9 Å². The van der Waals surface area contributed by atoms with Crippen molar-refractivity contribution in [2.45, 2.75) is 52.6 Å². The van der Waals surface area contributed by atoms with Crippen LogP contribution < -0.4 is 5.32 Å². The molecule has 0 aliphatic carbocycles.